The molecule has 0 unspecified atom stereocenters. The molecular weight excluding hydrogens is 382 g/mol. The zero-order valence-corrected chi connectivity index (χ0v) is 16.3. The highest BCUT2D eigenvalue weighted by Gasteiger charge is 2.26. The maximum absolute atomic E-state index is 13.4. The van der Waals surface area contributed by atoms with E-state index in [1.54, 1.807) is 41.3 Å². The summed E-state index contributed by atoms with van der Waals surface area (Å²) < 4.78 is 2.53. The molecule has 8 heteroatoms. The minimum absolute atomic E-state index is 0.161. The lowest BCUT2D eigenvalue weighted by molar-refractivity contribution is 0.0975. The second-order valence-electron chi connectivity index (χ2n) is 6.14. The molecule has 3 aromatic heterocycles. The van der Waals surface area contributed by atoms with Crippen molar-refractivity contribution in [2.75, 3.05) is 4.90 Å². The molecule has 0 saturated carbocycles. The lowest BCUT2D eigenvalue weighted by atomic mass is 10.2. The summed E-state index contributed by atoms with van der Waals surface area (Å²) in [6, 6.07) is 9.41. The number of thiazole rings is 1. The number of para-hydroxylation sites is 1. The molecule has 3 heterocycles. The van der Waals surface area contributed by atoms with Gasteiger partial charge in [-0.2, -0.15) is 5.10 Å². The molecule has 1 amide bonds. The van der Waals surface area contributed by atoms with E-state index < -0.39 is 0 Å². The average Bonchev–Trinajstić information content (AvgIpc) is 3.24. The number of fused-ring (bicyclic) bond motifs is 1. The molecule has 136 valence electrons. The van der Waals surface area contributed by atoms with Gasteiger partial charge in [-0.25, -0.2) is 4.98 Å². The number of hydrogen-bond donors (Lipinski definition) is 0. The first-order valence-electron chi connectivity index (χ1n) is 8.29. The predicted octanol–water partition coefficient (Wildman–Crippen LogP) is 4.23. The maximum Gasteiger partial charge on any atom is 0.278 e. The van der Waals surface area contributed by atoms with Gasteiger partial charge in [0.1, 0.15) is 11.2 Å². The normalized spacial score (nSPS) is 11.1. The number of carbonyl (C=O) groups is 1. The third-order valence-corrected chi connectivity index (χ3v) is 5.57. The van der Waals surface area contributed by atoms with Gasteiger partial charge < -0.3 is 0 Å². The van der Waals surface area contributed by atoms with Gasteiger partial charge in [0.25, 0.3) is 5.91 Å². The van der Waals surface area contributed by atoms with E-state index in [0.717, 1.165) is 15.8 Å². The van der Waals surface area contributed by atoms with Crippen molar-refractivity contribution in [3.8, 4) is 0 Å². The van der Waals surface area contributed by atoms with E-state index in [1.165, 1.54) is 11.3 Å². The van der Waals surface area contributed by atoms with Crippen LogP contribution in [0.15, 0.2) is 48.9 Å². The number of pyridine rings is 1. The SMILES string of the molecule is Cc1cnn(C)c1C(=O)N(Cc1cccnc1)c1nc2c(Cl)cccc2s1. The van der Waals surface area contributed by atoms with E-state index in [1.807, 2.05) is 31.2 Å². The Morgan fingerprint density at radius 2 is 2.11 bits per heavy atom. The van der Waals surface area contributed by atoms with Gasteiger partial charge in [-0.05, 0) is 36.2 Å². The molecule has 6 nitrogen and oxygen atoms in total. The summed E-state index contributed by atoms with van der Waals surface area (Å²) in [6.07, 6.45) is 5.14. The van der Waals surface area contributed by atoms with Crippen molar-refractivity contribution >= 4 is 44.2 Å². The molecule has 0 radical (unpaired) electrons. The fraction of sp³-hybridized carbons (Fsp3) is 0.158. The van der Waals surface area contributed by atoms with Gasteiger partial charge in [0, 0.05) is 19.4 Å². The van der Waals surface area contributed by atoms with E-state index in [4.69, 9.17) is 11.6 Å². The predicted molar refractivity (Wildman–Crippen MR) is 107 cm³/mol. The number of halogens is 1. The summed E-state index contributed by atoms with van der Waals surface area (Å²) in [5.74, 6) is -0.161. The molecule has 0 N–H and O–H groups in total. The minimum atomic E-state index is -0.161. The molecule has 0 aliphatic carbocycles. The molecule has 0 aliphatic heterocycles. The van der Waals surface area contributed by atoms with E-state index in [9.17, 15) is 4.79 Å². The summed E-state index contributed by atoms with van der Waals surface area (Å²) >= 11 is 7.72. The molecule has 0 aliphatic rings. The smallest absolute Gasteiger partial charge is 0.278 e. The lowest BCUT2D eigenvalue weighted by Gasteiger charge is -2.20. The standard InChI is InChI=1S/C19H16ClN5OS/c1-12-9-22-24(2)17(12)18(26)25(11-13-5-4-8-21-10-13)19-23-16-14(20)6-3-7-15(16)27-19/h3-10H,11H2,1-2H3. The van der Waals surface area contributed by atoms with Gasteiger partial charge in [0.15, 0.2) is 5.13 Å². The molecular formula is C19H16ClN5OS. The summed E-state index contributed by atoms with van der Waals surface area (Å²) in [5, 5.41) is 5.36. The molecule has 4 aromatic rings. The first-order chi connectivity index (χ1) is 13.0. The Labute approximate surface area is 165 Å². The van der Waals surface area contributed by atoms with Gasteiger partial charge in [-0.1, -0.05) is 35.1 Å². The highest BCUT2D eigenvalue weighted by Crippen LogP contribution is 2.34. The Balaban J connectivity index is 1.82. The second-order valence-corrected chi connectivity index (χ2v) is 7.55. The number of benzene rings is 1. The van der Waals surface area contributed by atoms with Gasteiger partial charge in [0.05, 0.1) is 22.5 Å². The molecule has 0 fully saturated rings. The van der Waals surface area contributed by atoms with Crippen LogP contribution in [-0.2, 0) is 13.6 Å². The maximum atomic E-state index is 13.4. The Morgan fingerprint density at radius 3 is 2.78 bits per heavy atom. The number of aromatic nitrogens is 4. The van der Waals surface area contributed by atoms with Crippen molar-refractivity contribution in [1.29, 1.82) is 0 Å². The fourth-order valence-electron chi connectivity index (χ4n) is 2.90. The largest absolute Gasteiger partial charge is 0.278 e. The highest BCUT2D eigenvalue weighted by molar-refractivity contribution is 7.22. The molecule has 0 saturated heterocycles. The van der Waals surface area contributed by atoms with Crippen LogP contribution in [0.25, 0.3) is 10.2 Å². The minimum Gasteiger partial charge on any atom is -0.278 e. The number of anilines is 1. The van der Waals surface area contributed by atoms with Crippen LogP contribution in [0, 0.1) is 6.92 Å². The Bertz CT molecular complexity index is 1100. The molecule has 0 spiro atoms. The van der Waals surface area contributed by atoms with Gasteiger partial charge in [0.2, 0.25) is 0 Å². The highest BCUT2D eigenvalue weighted by atomic mass is 35.5. The van der Waals surface area contributed by atoms with Crippen LogP contribution in [0.2, 0.25) is 5.02 Å². The van der Waals surface area contributed by atoms with E-state index in [-0.39, 0.29) is 5.91 Å². The number of rotatable bonds is 4. The second kappa shape index (κ2) is 7.09. The number of aryl methyl sites for hydroxylation is 2. The third-order valence-electron chi connectivity index (χ3n) is 4.22. The van der Waals surface area contributed by atoms with Crippen LogP contribution in [-0.4, -0.2) is 25.7 Å². The zero-order chi connectivity index (χ0) is 19.0. The monoisotopic (exact) mass is 397 g/mol. The van der Waals surface area contributed by atoms with Gasteiger partial charge in [-0.15, -0.1) is 0 Å². The summed E-state index contributed by atoms with van der Waals surface area (Å²) in [4.78, 5) is 23.8. The van der Waals surface area contributed by atoms with Crippen LogP contribution >= 0.6 is 22.9 Å². The molecule has 0 bridgehead atoms. The first-order valence-corrected chi connectivity index (χ1v) is 9.48. The van der Waals surface area contributed by atoms with E-state index in [2.05, 4.69) is 15.1 Å². The van der Waals surface area contributed by atoms with Gasteiger partial charge in [-0.3, -0.25) is 19.4 Å². The van der Waals surface area contributed by atoms with E-state index in [0.29, 0.717) is 27.9 Å². The molecule has 4 rings (SSSR count). The number of carbonyl (C=O) groups excluding carboxylic acids is 1. The van der Waals surface area contributed by atoms with Crippen LogP contribution in [0.3, 0.4) is 0 Å². The molecule has 1 aromatic carbocycles. The molecule has 0 atom stereocenters. The summed E-state index contributed by atoms with van der Waals surface area (Å²) in [7, 11) is 1.76. The van der Waals surface area contributed by atoms with Crippen molar-refractivity contribution in [3.05, 3.63) is 70.8 Å². The Morgan fingerprint density at radius 1 is 1.26 bits per heavy atom. The van der Waals surface area contributed by atoms with Crippen LogP contribution in [0.4, 0.5) is 5.13 Å². The van der Waals surface area contributed by atoms with Crippen LogP contribution in [0.1, 0.15) is 21.6 Å². The number of nitrogens with zero attached hydrogens (tertiary/aromatic N) is 5. The van der Waals surface area contributed by atoms with Gasteiger partial charge >= 0.3 is 0 Å². The zero-order valence-electron chi connectivity index (χ0n) is 14.8. The lowest BCUT2D eigenvalue weighted by Crippen LogP contribution is -2.32. The Hall–Kier alpha value is -2.77. The first kappa shape index (κ1) is 17.6. The average molecular weight is 398 g/mol. The van der Waals surface area contributed by atoms with Crippen LogP contribution in [0.5, 0.6) is 0 Å². The van der Waals surface area contributed by atoms with Crippen molar-refractivity contribution in [2.24, 2.45) is 7.05 Å². The van der Waals surface area contributed by atoms with E-state index >= 15 is 0 Å². The molecule has 27 heavy (non-hydrogen) atoms. The van der Waals surface area contributed by atoms with Crippen LogP contribution < -0.4 is 4.90 Å². The van der Waals surface area contributed by atoms with Crippen molar-refractivity contribution < 1.29 is 4.79 Å². The van der Waals surface area contributed by atoms with Crippen molar-refractivity contribution in [1.82, 2.24) is 19.7 Å². The quantitative estimate of drug-likeness (QED) is 0.516. The summed E-state index contributed by atoms with van der Waals surface area (Å²) in [6.45, 7) is 2.23. The third kappa shape index (κ3) is 3.31. The number of amides is 1. The van der Waals surface area contributed by atoms with Crippen molar-refractivity contribution in [2.45, 2.75) is 13.5 Å². The number of hydrogen-bond acceptors (Lipinski definition) is 5. The Kier molecular flexibility index (Phi) is 4.63. The fourth-order valence-corrected chi connectivity index (χ4v) is 4.16. The topological polar surface area (TPSA) is 63.9 Å². The van der Waals surface area contributed by atoms with Crippen molar-refractivity contribution in [3.63, 3.8) is 0 Å². The summed E-state index contributed by atoms with van der Waals surface area (Å²) in [5.41, 5.74) is 2.96.